The summed E-state index contributed by atoms with van der Waals surface area (Å²) in [6, 6.07) is 10.9. The third-order valence-corrected chi connectivity index (χ3v) is 5.52. The van der Waals surface area contributed by atoms with Crippen molar-refractivity contribution in [2.24, 2.45) is 12.0 Å². The lowest BCUT2D eigenvalue weighted by Crippen LogP contribution is -2.55. The van der Waals surface area contributed by atoms with E-state index in [2.05, 4.69) is 81.7 Å². The lowest BCUT2D eigenvalue weighted by Gasteiger charge is -2.37. The van der Waals surface area contributed by atoms with E-state index < -0.39 is 0 Å². The Morgan fingerprint density at radius 2 is 1.93 bits per heavy atom. The highest BCUT2D eigenvalue weighted by Gasteiger charge is 2.28. The summed E-state index contributed by atoms with van der Waals surface area (Å²) in [6.45, 7) is 8.15. The van der Waals surface area contributed by atoms with Crippen molar-refractivity contribution in [2.75, 3.05) is 20.6 Å². The van der Waals surface area contributed by atoms with Crippen molar-refractivity contribution in [1.29, 1.82) is 0 Å². The highest BCUT2D eigenvalue weighted by molar-refractivity contribution is 5.79. The first kappa shape index (κ1) is 21.9. The van der Waals surface area contributed by atoms with Crippen LogP contribution in [0.1, 0.15) is 51.0 Å². The SMILES string of the molecule is CCC(CC)(CNC(=NC)N(C)Cc1ncnn1C)NC(C)c1ccccc1. The Hall–Kier alpha value is -2.41. The van der Waals surface area contributed by atoms with Crippen LogP contribution >= 0.6 is 0 Å². The molecule has 0 aliphatic heterocycles. The van der Waals surface area contributed by atoms with Gasteiger partial charge in [0, 0.05) is 39.3 Å². The summed E-state index contributed by atoms with van der Waals surface area (Å²) in [5.74, 6) is 1.75. The minimum atomic E-state index is -0.0170. The van der Waals surface area contributed by atoms with Crippen molar-refractivity contribution in [3.05, 3.63) is 48.0 Å². The summed E-state index contributed by atoms with van der Waals surface area (Å²) < 4.78 is 1.79. The molecule has 1 heterocycles. The molecule has 0 fully saturated rings. The van der Waals surface area contributed by atoms with E-state index >= 15 is 0 Å². The first-order valence-corrected chi connectivity index (χ1v) is 10.0. The maximum absolute atomic E-state index is 4.45. The van der Waals surface area contributed by atoms with Crippen LogP contribution in [0.4, 0.5) is 0 Å². The molecule has 0 aliphatic rings. The Morgan fingerprint density at radius 1 is 1.25 bits per heavy atom. The Kier molecular flexibility index (Phi) is 7.99. The lowest BCUT2D eigenvalue weighted by molar-refractivity contribution is 0.268. The molecule has 1 aromatic carbocycles. The average Bonchev–Trinajstić information content (AvgIpc) is 3.12. The monoisotopic (exact) mass is 385 g/mol. The van der Waals surface area contributed by atoms with Gasteiger partial charge in [-0.25, -0.2) is 4.98 Å². The molecule has 1 unspecified atom stereocenters. The molecule has 2 N–H and O–H groups in total. The van der Waals surface area contributed by atoms with Crippen molar-refractivity contribution in [1.82, 2.24) is 30.3 Å². The van der Waals surface area contributed by atoms with Crippen LogP contribution in [0.5, 0.6) is 0 Å². The second-order valence-corrected chi connectivity index (χ2v) is 7.32. The number of aromatic nitrogens is 3. The number of nitrogens with one attached hydrogen (secondary N) is 2. The van der Waals surface area contributed by atoms with Crippen LogP contribution in [0, 0.1) is 0 Å². The zero-order valence-electron chi connectivity index (χ0n) is 18.1. The number of hydrogen-bond donors (Lipinski definition) is 2. The third-order valence-electron chi connectivity index (χ3n) is 5.52. The van der Waals surface area contributed by atoms with Gasteiger partial charge in [0.05, 0.1) is 6.54 Å². The highest BCUT2D eigenvalue weighted by Crippen LogP contribution is 2.21. The van der Waals surface area contributed by atoms with Gasteiger partial charge in [-0.1, -0.05) is 44.2 Å². The molecule has 0 amide bonds. The summed E-state index contributed by atoms with van der Waals surface area (Å²) in [5.41, 5.74) is 1.29. The summed E-state index contributed by atoms with van der Waals surface area (Å²) in [6.07, 6.45) is 3.63. The number of guanidine groups is 1. The zero-order valence-corrected chi connectivity index (χ0v) is 18.1. The molecule has 28 heavy (non-hydrogen) atoms. The van der Waals surface area contributed by atoms with E-state index in [9.17, 15) is 0 Å². The number of aryl methyl sites for hydroxylation is 1. The van der Waals surface area contributed by atoms with Crippen LogP contribution in [0.3, 0.4) is 0 Å². The van der Waals surface area contributed by atoms with Gasteiger partial charge in [-0.15, -0.1) is 0 Å². The molecule has 2 aromatic rings. The van der Waals surface area contributed by atoms with Crippen LogP contribution in [0.25, 0.3) is 0 Å². The van der Waals surface area contributed by atoms with E-state index in [1.54, 1.807) is 11.0 Å². The van der Waals surface area contributed by atoms with E-state index in [0.717, 1.165) is 31.2 Å². The minimum Gasteiger partial charge on any atom is -0.354 e. The Bertz CT molecular complexity index is 734. The van der Waals surface area contributed by atoms with Gasteiger partial charge in [-0.2, -0.15) is 5.10 Å². The highest BCUT2D eigenvalue weighted by atomic mass is 15.4. The van der Waals surface area contributed by atoms with Gasteiger partial charge in [-0.3, -0.25) is 9.67 Å². The lowest BCUT2D eigenvalue weighted by atomic mass is 9.90. The molecule has 154 valence electrons. The number of hydrogen-bond acceptors (Lipinski definition) is 4. The molecular formula is C21H35N7. The largest absolute Gasteiger partial charge is 0.354 e. The number of aliphatic imine (C=N–C) groups is 1. The first-order chi connectivity index (χ1) is 13.4. The summed E-state index contributed by atoms with van der Waals surface area (Å²) in [7, 11) is 5.74. The molecule has 0 aliphatic carbocycles. The molecule has 1 aromatic heterocycles. The van der Waals surface area contributed by atoms with Crippen LogP contribution in [0.2, 0.25) is 0 Å². The van der Waals surface area contributed by atoms with Crippen LogP contribution < -0.4 is 10.6 Å². The molecule has 0 saturated carbocycles. The smallest absolute Gasteiger partial charge is 0.193 e. The van der Waals surface area contributed by atoms with Gasteiger partial charge in [0.25, 0.3) is 0 Å². The second kappa shape index (κ2) is 10.2. The fraction of sp³-hybridized carbons (Fsp3) is 0.571. The first-order valence-electron chi connectivity index (χ1n) is 10.0. The van der Waals surface area contributed by atoms with Gasteiger partial charge in [0.15, 0.2) is 5.96 Å². The van der Waals surface area contributed by atoms with Crippen molar-refractivity contribution in [3.63, 3.8) is 0 Å². The van der Waals surface area contributed by atoms with Crippen molar-refractivity contribution in [2.45, 2.75) is 51.7 Å². The molecule has 1 atom stereocenters. The molecule has 0 spiro atoms. The molecule has 0 radical (unpaired) electrons. The predicted octanol–water partition coefficient (Wildman–Crippen LogP) is 2.73. The van der Waals surface area contributed by atoms with E-state index in [0.29, 0.717) is 6.54 Å². The average molecular weight is 386 g/mol. The van der Waals surface area contributed by atoms with Gasteiger partial charge in [0.2, 0.25) is 0 Å². The molecule has 7 nitrogen and oxygen atoms in total. The third kappa shape index (κ3) is 5.55. The van der Waals surface area contributed by atoms with Gasteiger partial charge in [0.1, 0.15) is 12.2 Å². The normalized spacial score (nSPS) is 13.4. The quantitative estimate of drug-likeness (QED) is 0.513. The molecule has 0 bridgehead atoms. The molecule has 0 saturated heterocycles. The Labute approximate surface area is 169 Å². The number of benzene rings is 1. The van der Waals surface area contributed by atoms with E-state index in [4.69, 9.17) is 0 Å². The topological polar surface area (TPSA) is 70.4 Å². The Balaban J connectivity index is 2.02. The standard InChI is InChI=1S/C21H35N7/c1-7-21(8-2,26-17(3)18-12-10-9-11-13-18)15-23-20(22-4)27(5)14-19-24-16-25-28(19)6/h9-13,16-17,26H,7-8,14-15H2,1-6H3,(H,22,23). The summed E-state index contributed by atoms with van der Waals surface area (Å²) in [5, 5.41) is 11.6. The van der Waals surface area contributed by atoms with E-state index in [-0.39, 0.29) is 11.6 Å². The van der Waals surface area contributed by atoms with Gasteiger partial charge >= 0.3 is 0 Å². The fourth-order valence-electron chi connectivity index (χ4n) is 3.42. The molecular weight excluding hydrogens is 350 g/mol. The molecule has 7 heteroatoms. The second-order valence-electron chi connectivity index (χ2n) is 7.32. The summed E-state index contributed by atoms with van der Waals surface area (Å²) >= 11 is 0. The number of rotatable bonds is 9. The molecule has 2 rings (SSSR count). The van der Waals surface area contributed by atoms with Crippen LogP contribution in [-0.4, -0.2) is 51.8 Å². The zero-order chi connectivity index (χ0) is 20.6. The van der Waals surface area contributed by atoms with Gasteiger partial charge in [-0.05, 0) is 25.3 Å². The maximum Gasteiger partial charge on any atom is 0.193 e. The maximum atomic E-state index is 4.45. The van der Waals surface area contributed by atoms with Crippen molar-refractivity contribution < 1.29 is 0 Å². The van der Waals surface area contributed by atoms with Crippen molar-refractivity contribution >= 4 is 5.96 Å². The van der Waals surface area contributed by atoms with Crippen molar-refractivity contribution in [3.8, 4) is 0 Å². The number of nitrogens with zero attached hydrogens (tertiary/aromatic N) is 5. The summed E-state index contributed by atoms with van der Waals surface area (Å²) in [4.78, 5) is 10.8. The van der Waals surface area contributed by atoms with Gasteiger partial charge < -0.3 is 15.5 Å². The Morgan fingerprint density at radius 3 is 2.46 bits per heavy atom. The van der Waals surface area contributed by atoms with Crippen LogP contribution in [-0.2, 0) is 13.6 Å². The van der Waals surface area contributed by atoms with E-state index in [1.165, 1.54) is 5.56 Å². The fourth-order valence-corrected chi connectivity index (χ4v) is 3.42. The van der Waals surface area contributed by atoms with Crippen LogP contribution in [0.15, 0.2) is 41.7 Å². The van der Waals surface area contributed by atoms with E-state index in [1.807, 2.05) is 21.1 Å². The minimum absolute atomic E-state index is 0.0170. The predicted molar refractivity (Wildman–Crippen MR) is 115 cm³/mol.